The maximum atomic E-state index is 13.0. The summed E-state index contributed by atoms with van der Waals surface area (Å²) in [6.07, 6.45) is 11.4. The average Bonchev–Trinajstić information content (AvgIpc) is 3.51. The average molecular weight is 499 g/mol. The van der Waals surface area contributed by atoms with Crippen LogP contribution in [-0.4, -0.2) is 34.1 Å². The van der Waals surface area contributed by atoms with Crippen LogP contribution in [0.1, 0.15) is 65.9 Å². The van der Waals surface area contributed by atoms with E-state index in [4.69, 9.17) is 18.3 Å². The highest BCUT2D eigenvalue weighted by Crippen LogP contribution is 2.27. The molecule has 3 heterocycles. The molecule has 1 aliphatic heterocycles. The molecule has 3 rings (SSSR count). The number of oxazole rings is 2. The molecular formula is C28H38N2O6. The van der Waals surface area contributed by atoms with Crippen molar-refractivity contribution in [3.63, 3.8) is 0 Å². The lowest BCUT2D eigenvalue weighted by atomic mass is 9.88. The van der Waals surface area contributed by atoms with Gasteiger partial charge in [-0.25, -0.2) is 19.6 Å². The van der Waals surface area contributed by atoms with E-state index in [1.165, 1.54) is 12.8 Å². The van der Waals surface area contributed by atoms with Crippen LogP contribution in [0.4, 0.5) is 0 Å². The summed E-state index contributed by atoms with van der Waals surface area (Å²) in [5, 5.41) is 0. The van der Waals surface area contributed by atoms with Gasteiger partial charge in [0, 0.05) is 24.0 Å². The molecule has 0 spiro atoms. The van der Waals surface area contributed by atoms with Crippen molar-refractivity contribution in [3.8, 4) is 0 Å². The first kappa shape index (κ1) is 27.4. The standard InChI is InChI=1S/C28H38N2O6/c1-17-7-19(3)25(11-23-13-29-15-33-23)35-28(32)22(6)10-18(2)8-20(4)26(12-24-14-30-16-34-24)36-27(31)21(5)9-17/h9-10,13-20,25-26H,7-8,11-12H2,1-6H3/t17-,18-,19+,20+,25+,26+/m1/s1. The van der Waals surface area contributed by atoms with Crippen LogP contribution in [0.2, 0.25) is 0 Å². The number of ether oxygens (including phenoxy) is 2. The van der Waals surface area contributed by atoms with Crippen molar-refractivity contribution in [2.45, 2.75) is 79.4 Å². The van der Waals surface area contributed by atoms with Gasteiger partial charge in [-0.05, 0) is 50.4 Å². The molecule has 0 aromatic carbocycles. The molecule has 0 fully saturated rings. The van der Waals surface area contributed by atoms with Gasteiger partial charge in [0.2, 0.25) is 0 Å². The minimum Gasteiger partial charge on any atom is -0.458 e. The summed E-state index contributed by atoms with van der Waals surface area (Å²) in [5.41, 5.74) is 1.12. The van der Waals surface area contributed by atoms with Gasteiger partial charge in [-0.1, -0.05) is 39.8 Å². The highest BCUT2D eigenvalue weighted by atomic mass is 16.5. The summed E-state index contributed by atoms with van der Waals surface area (Å²) in [4.78, 5) is 34.0. The van der Waals surface area contributed by atoms with Crippen molar-refractivity contribution in [2.24, 2.45) is 23.7 Å². The Morgan fingerprint density at radius 1 is 0.722 bits per heavy atom. The van der Waals surface area contributed by atoms with Gasteiger partial charge in [-0.3, -0.25) is 0 Å². The van der Waals surface area contributed by atoms with Crippen molar-refractivity contribution >= 4 is 11.9 Å². The van der Waals surface area contributed by atoms with Crippen molar-refractivity contribution in [1.29, 1.82) is 0 Å². The van der Waals surface area contributed by atoms with Crippen LogP contribution in [0.5, 0.6) is 0 Å². The molecule has 8 heteroatoms. The number of esters is 2. The zero-order chi connectivity index (χ0) is 26.2. The Morgan fingerprint density at radius 2 is 1.11 bits per heavy atom. The Morgan fingerprint density at radius 3 is 1.44 bits per heavy atom. The maximum Gasteiger partial charge on any atom is 0.333 e. The Labute approximate surface area is 213 Å². The fraction of sp³-hybridized carbons (Fsp3) is 0.571. The van der Waals surface area contributed by atoms with E-state index in [1.807, 2.05) is 39.8 Å². The van der Waals surface area contributed by atoms with Gasteiger partial charge in [-0.2, -0.15) is 0 Å². The molecule has 0 radical (unpaired) electrons. The molecule has 0 saturated carbocycles. The second kappa shape index (κ2) is 12.7. The quantitative estimate of drug-likeness (QED) is 0.509. The molecule has 36 heavy (non-hydrogen) atoms. The predicted molar refractivity (Wildman–Crippen MR) is 134 cm³/mol. The number of nitrogens with zero attached hydrogens (tertiary/aromatic N) is 2. The van der Waals surface area contributed by atoms with E-state index in [2.05, 4.69) is 9.97 Å². The summed E-state index contributed by atoms with van der Waals surface area (Å²) in [6.45, 7) is 11.8. The van der Waals surface area contributed by atoms with Gasteiger partial charge in [0.1, 0.15) is 23.7 Å². The van der Waals surface area contributed by atoms with Crippen molar-refractivity contribution in [1.82, 2.24) is 9.97 Å². The number of carbonyl (C=O) groups is 2. The molecule has 8 nitrogen and oxygen atoms in total. The zero-order valence-corrected chi connectivity index (χ0v) is 22.1. The third-order valence-corrected chi connectivity index (χ3v) is 6.76. The summed E-state index contributed by atoms with van der Waals surface area (Å²) in [5.74, 6) is 0.843. The lowest BCUT2D eigenvalue weighted by Crippen LogP contribution is -2.30. The largest absolute Gasteiger partial charge is 0.458 e. The fourth-order valence-electron chi connectivity index (χ4n) is 4.86. The van der Waals surface area contributed by atoms with E-state index >= 15 is 0 Å². The van der Waals surface area contributed by atoms with Crippen molar-refractivity contribution < 1.29 is 27.9 Å². The number of carbonyl (C=O) groups excluding carboxylic acids is 2. The molecule has 2 aromatic rings. The smallest absolute Gasteiger partial charge is 0.333 e. The van der Waals surface area contributed by atoms with Gasteiger partial charge in [-0.15, -0.1) is 0 Å². The highest BCUT2D eigenvalue weighted by Gasteiger charge is 2.28. The monoisotopic (exact) mass is 498 g/mol. The highest BCUT2D eigenvalue weighted by molar-refractivity contribution is 5.88. The minimum absolute atomic E-state index is 0.0199. The molecule has 0 amide bonds. The Hall–Kier alpha value is -3.16. The lowest BCUT2D eigenvalue weighted by Gasteiger charge is -2.27. The van der Waals surface area contributed by atoms with Gasteiger partial charge < -0.3 is 18.3 Å². The fourth-order valence-corrected chi connectivity index (χ4v) is 4.86. The SMILES string of the molecule is CC1=C[C@H](C)C[C@H](C)[C@H](Cc2cnco2)OC(=O)C(C)=C[C@H](C)C[C@H](C)[C@H](Cc2cnco2)OC1=O. The van der Waals surface area contributed by atoms with E-state index in [0.29, 0.717) is 48.3 Å². The molecule has 196 valence electrons. The number of hydrogen-bond donors (Lipinski definition) is 0. The molecule has 0 saturated heterocycles. The molecule has 1 aliphatic rings. The van der Waals surface area contributed by atoms with Gasteiger partial charge in [0.15, 0.2) is 12.8 Å². The number of aromatic nitrogens is 2. The van der Waals surface area contributed by atoms with Crippen LogP contribution in [0.15, 0.2) is 57.3 Å². The molecule has 0 bridgehead atoms. The molecule has 0 N–H and O–H groups in total. The van der Waals surface area contributed by atoms with Gasteiger partial charge in [0.05, 0.1) is 12.4 Å². The van der Waals surface area contributed by atoms with Crippen molar-refractivity contribution in [2.75, 3.05) is 0 Å². The van der Waals surface area contributed by atoms with E-state index in [9.17, 15) is 9.59 Å². The van der Waals surface area contributed by atoms with E-state index in [-0.39, 0.29) is 47.8 Å². The number of rotatable bonds is 4. The van der Waals surface area contributed by atoms with E-state index < -0.39 is 0 Å². The van der Waals surface area contributed by atoms with Gasteiger partial charge in [0.25, 0.3) is 0 Å². The van der Waals surface area contributed by atoms with Crippen molar-refractivity contribution in [3.05, 3.63) is 60.0 Å². The third-order valence-electron chi connectivity index (χ3n) is 6.76. The third kappa shape index (κ3) is 7.93. The topological polar surface area (TPSA) is 105 Å². The van der Waals surface area contributed by atoms with E-state index in [1.54, 1.807) is 26.2 Å². The Balaban J connectivity index is 1.87. The lowest BCUT2D eigenvalue weighted by molar-refractivity contribution is -0.147. The number of hydrogen-bond acceptors (Lipinski definition) is 8. The number of allylic oxidation sites excluding steroid dienone is 2. The zero-order valence-electron chi connectivity index (χ0n) is 22.1. The first-order valence-corrected chi connectivity index (χ1v) is 12.7. The molecule has 6 atom stereocenters. The first-order chi connectivity index (χ1) is 17.1. The Kier molecular flexibility index (Phi) is 9.67. The van der Waals surface area contributed by atoms with Crippen LogP contribution in [0.25, 0.3) is 0 Å². The second-order valence-electron chi connectivity index (χ2n) is 10.3. The summed E-state index contributed by atoms with van der Waals surface area (Å²) in [6, 6.07) is 0. The van der Waals surface area contributed by atoms with Crippen LogP contribution < -0.4 is 0 Å². The minimum atomic E-state index is -0.384. The normalized spacial score (nSPS) is 29.2. The first-order valence-electron chi connectivity index (χ1n) is 12.7. The van der Waals surface area contributed by atoms with Gasteiger partial charge >= 0.3 is 11.9 Å². The summed E-state index contributed by atoms with van der Waals surface area (Å²) < 4.78 is 22.8. The number of cyclic esters (lactones) is 2. The van der Waals surface area contributed by atoms with Crippen LogP contribution in [0, 0.1) is 23.7 Å². The van der Waals surface area contributed by atoms with Crippen LogP contribution in [-0.2, 0) is 31.9 Å². The van der Waals surface area contributed by atoms with Crippen LogP contribution in [0.3, 0.4) is 0 Å². The molecule has 2 aromatic heterocycles. The summed E-state index contributed by atoms with van der Waals surface area (Å²) >= 11 is 0. The summed E-state index contributed by atoms with van der Waals surface area (Å²) in [7, 11) is 0. The maximum absolute atomic E-state index is 13.0. The predicted octanol–water partition coefficient (Wildman–Crippen LogP) is 5.50. The van der Waals surface area contributed by atoms with E-state index in [0.717, 1.165) is 0 Å². The Bertz CT molecular complexity index is 956. The second-order valence-corrected chi connectivity index (χ2v) is 10.3. The van der Waals surface area contributed by atoms with Crippen LogP contribution >= 0.6 is 0 Å². The molecule has 0 unspecified atom stereocenters. The molecule has 0 aliphatic carbocycles. The molecular weight excluding hydrogens is 460 g/mol.